The normalized spacial score (nSPS) is 11.9. The van der Waals surface area contributed by atoms with Crippen LogP contribution in [-0.4, -0.2) is 12.9 Å². The molecule has 96 valence electrons. The van der Waals surface area contributed by atoms with Gasteiger partial charge in [0.2, 0.25) is 0 Å². The van der Waals surface area contributed by atoms with Crippen LogP contribution in [0.3, 0.4) is 0 Å². The zero-order chi connectivity index (χ0) is 13.5. The number of carbonyl (C=O) groups is 1. The highest BCUT2D eigenvalue weighted by molar-refractivity contribution is 5.89. The molecule has 1 unspecified atom stereocenters. The van der Waals surface area contributed by atoms with E-state index >= 15 is 0 Å². The average molecular weight is 245 g/mol. The molecule has 0 aromatic heterocycles. The first-order valence-electron chi connectivity index (χ1n) is 6.15. The van der Waals surface area contributed by atoms with Crippen LogP contribution in [0.25, 0.3) is 0 Å². The predicted octanol–water partition coefficient (Wildman–Crippen LogP) is 3.31. The summed E-state index contributed by atoms with van der Waals surface area (Å²) in [6.45, 7) is 4.13. The molecule has 3 heteroatoms. The van der Waals surface area contributed by atoms with Crippen molar-refractivity contribution in [2.75, 3.05) is 7.11 Å². The van der Waals surface area contributed by atoms with E-state index in [9.17, 15) is 10.1 Å². The number of benzene rings is 1. The SMILES string of the molecule is COc1ccccc1C(C#N)C(=O)CCC(C)C. The van der Waals surface area contributed by atoms with Gasteiger partial charge in [0, 0.05) is 12.0 Å². The van der Waals surface area contributed by atoms with E-state index in [4.69, 9.17) is 4.74 Å². The maximum atomic E-state index is 12.1. The second kappa shape index (κ2) is 6.80. The van der Waals surface area contributed by atoms with E-state index in [1.807, 2.05) is 12.1 Å². The third-order valence-corrected chi connectivity index (χ3v) is 2.87. The van der Waals surface area contributed by atoms with Gasteiger partial charge < -0.3 is 4.74 Å². The smallest absolute Gasteiger partial charge is 0.154 e. The molecule has 1 aromatic carbocycles. The third kappa shape index (κ3) is 3.59. The van der Waals surface area contributed by atoms with E-state index in [-0.39, 0.29) is 5.78 Å². The summed E-state index contributed by atoms with van der Waals surface area (Å²) < 4.78 is 5.20. The summed E-state index contributed by atoms with van der Waals surface area (Å²) >= 11 is 0. The lowest BCUT2D eigenvalue weighted by Gasteiger charge is -2.13. The first-order valence-corrected chi connectivity index (χ1v) is 6.15. The minimum absolute atomic E-state index is 0.0318. The number of Topliss-reactive ketones (excluding diaryl/α,β-unsaturated/α-hetero) is 1. The number of hydrogen-bond donors (Lipinski definition) is 0. The minimum atomic E-state index is -0.722. The quantitative estimate of drug-likeness (QED) is 0.772. The molecule has 0 amide bonds. The topological polar surface area (TPSA) is 50.1 Å². The predicted molar refractivity (Wildman–Crippen MR) is 70.4 cm³/mol. The molecule has 0 N–H and O–H groups in total. The van der Waals surface area contributed by atoms with E-state index in [0.717, 1.165) is 6.42 Å². The monoisotopic (exact) mass is 245 g/mol. The van der Waals surface area contributed by atoms with Crippen LogP contribution >= 0.6 is 0 Å². The highest BCUT2D eigenvalue weighted by Crippen LogP contribution is 2.28. The number of rotatable bonds is 6. The van der Waals surface area contributed by atoms with Crippen LogP contribution in [-0.2, 0) is 4.79 Å². The Balaban J connectivity index is 2.89. The van der Waals surface area contributed by atoms with Gasteiger partial charge in [-0.15, -0.1) is 0 Å². The Labute approximate surface area is 108 Å². The van der Waals surface area contributed by atoms with Crippen LogP contribution in [0.4, 0.5) is 0 Å². The maximum absolute atomic E-state index is 12.1. The maximum Gasteiger partial charge on any atom is 0.154 e. The van der Waals surface area contributed by atoms with Gasteiger partial charge in [-0.1, -0.05) is 32.0 Å². The Bertz CT molecular complexity index is 446. The Kier molecular flexibility index (Phi) is 5.38. The summed E-state index contributed by atoms with van der Waals surface area (Å²) in [7, 11) is 1.55. The molecule has 0 aliphatic heterocycles. The van der Waals surface area contributed by atoms with Crippen molar-refractivity contribution >= 4 is 5.78 Å². The summed E-state index contributed by atoms with van der Waals surface area (Å²) in [5.41, 5.74) is 0.663. The van der Waals surface area contributed by atoms with Gasteiger partial charge in [-0.3, -0.25) is 4.79 Å². The molecule has 1 aromatic rings. The summed E-state index contributed by atoms with van der Waals surface area (Å²) in [5.74, 6) is 0.309. The number of ketones is 1. The van der Waals surface area contributed by atoms with E-state index in [2.05, 4.69) is 19.9 Å². The first kappa shape index (κ1) is 14.2. The standard InChI is InChI=1S/C15H19NO2/c1-11(2)8-9-14(17)13(10-16)12-6-4-5-7-15(12)18-3/h4-7,11,13H,8-9H2,1-3H3. The van der Waals surface area contributed by atoms with Gasteiger partial charge in [0.05, 0.1) is 13.2 Å². The molecule has 0 aliphatic carbocycles. The van der Waals surface area contributed by atoms with Gasteiger partial charge in [0.25, 0.3) is 0 Å². The summed E-state index contributed by atoms with van der Waals surface area (Å²) in [6, 6.07) is 9.28. The molecule has 0 bridgehead atoms. The van der Waals surface area contributed by atoms with E-state index in [1.54, 1.807) is 19.2 Å². The Morgan fingerprint density at radius 1 is 1.39 bits per heavy atom. The molecule has 18 heavy (non-hydrogen) atoms. The zero-order valence-corrected chi connectivity index (χ0v) is 11.1. The van der Waals surface area contributed by atoms with Crippen molar-refractivity contribution in [3.63, 3.8) is 0 Å². The second-order valence-corrected chi connectivity index (χ2v) is 4.70. The Morgan fingerprint density at radius 2 is 2.06 bits per heavy atom. The number of methoxy groups -OCH3 is 1. The summed E-state index contributed by atoms with van der Waals surface area (Å²) in [5, 5.41) is 9.21. The Morgan fingerprint density at radius 3 is 2.61 bits per heavy atom. The number of para-hydroxylation sites is 1. The molecule has 0 aliphatic rings. The van der Waals surface area contributed by atoms with Crippen LogP contribution in [0.1, 0.15) is 38.2 Å². The molecule has 1 atom stereocenters. The second-order valence-electron chi connectivity index (χ2n) is 4.70. The van der Waals surface area contributed by atoms with Crippen LogP contribution in [0.15, 0.2) is 24.3 Å². The fourth-order valence-electron chi connectivity index (χ4n) is 1.80. The lowest BCUT2D eigenvalue weighted by atomic mass is 9.91. The van der Waals surface area contributed by atoms with Gasteiger partial charge in [-0.25, -0.2) is 0 Å². The molecule has 0 spiro atoms. The van der Waals surface area contributed by atoms with Crippen molar-refractivity contribution in [1.29, 1.82) is 5.26 Å². The third-order valence-electron chi connectivity index (χ3n) is 2.87. The summed E-state index contributed by atoms with van der Waals surface area (Å²) in [6.07, 6.45) is 1.25. The van der Waals surface area contributed by atoms with Gasteiger partial charge in [-0.2, -0.15) is 5.26 Å². The van der Waals surface area contributed by atoms with E-state index in [1.165, 1.54) is 0 Å². The molecule has 0 heterocycles. The zero-order valence-electron chi connectivity index (χ0n) is 11.1. The van der Waals surface area contributed by atoms with Crippen LogP contribution in [0.5, 0.6) is 5.75 Å². The van der Waals surface area contributed by atoms with Crippen LogP contribution < -0.4 is 4.74 Å². The molecule has 0 saturated heterocycles. The minimum Gasteiger partial charge on any atom is -0.496 e. The number of hydrogen-bond acceptors (Lipinski definition) is 3. The number of nitrogens with zero attached hydrogens (tertiary/aromatic N) is 1. The highest BCUT2D eigenvalue weighted by atomic mass is 16.5. The van der Waals surface area contributed by atoms with Gasteiger partial charge in [0.15, 0.2) is 5.78 Å². The van der Waals surface area contributed by atoms with Crippen molar-refractivity contribution in [1.82, 2.24) is 0 Å². The molecular formula is C15H19NO2. The van der Waals surface area contributed by atoms with Crippen molar-refractivity contribution in [2.45, 2.75) is 32.6 Å². The fourth-order valence-corrected chi connectivity index (χ4v) is 1.80. The first-order chi connectivity index (χ1) is 8.60. The van der Waals surface area contributed by atoms with Crippen molar-refractivity contribution in [3.8, 4) is 11.8 Å². The van der Waals surface area contributed by atoms with E-state index in [0.29, 0.717) is 23.7 Å². The van der Waals surface area contributed by atoms with Crippen LogP contribution in [0, 0.1) is 17.2 Å². The average Bonchev–Trinajstić information content (AvgIpc) is 2.37. The van der Waals surface area contributed by atoms with Crippen molar-refractivity contribution in [2.24, 2.45) is 5.92 Å². The number of carbonyl (C=O) groups excluding carboxylic acids is 1. The number of nitriles is 1. The molecule has 0 radical (unpaired) electrons. The highest BCUT2D eigenvalue weighted by Gasteiger charge is 2.22. The molecule has 1 rings (SSSR count). The largest absolute Gasteiger partial charge is 0.496 e. The lowest BCUT2D eigenvalue weighted by Crippen LogP contribution is -2.12. The van der Waals surface area contributed by atoms with Crippen molar-refractivity contribution < 1.29 is 9.53 Å². The van der Waals surface area contributed by atoms with Crippen LogP contribution in [0.2, 0.25) is 0 Å². The fraction of sp³-hybridized carbons (Fsp3) is 0.467. The van der Waals surface area contributed by atoms with Gasteiger partial charge in [-0.05, 0) is 18.4 Å². The van der Waals surface area contributed by atoms with E-state index < -0.39 is 5.92 Å². The van der Waals surface area contributed by atoms with Gasteiger partial charge in [0.1, 0.15) is 11.7 Å². The Hall–Kier alpha value is -1.82. The molecule has 0 fully saturated rings. The lowest BCUT2D eigenvalue weighted by molar-refractivity contribution is -0.119. The molecule has 0 saturated carbocycles. The molecule has 3 nitrogen and oxygen atoms in total. The van der Waals surface area contributed by atoms with Gasteiger partial charge >= 0.3 is 0 Å². The molecular weight excluding hydrogens is 226 g/mol. The summed E-state index contributed by atoms with van der Waals surface area (Å²) in [4.78, 5) is 12.1. The number of ether oxygens (including phenoxy) is 1. The van der Waals surface area contributed by atoms with Crippen molar-refractivity contribution in [3.05, 3.63) is 29.8 Å².